The third kappa shape index (κ3) is 5.17. The van der Waals surface area contributed by atoms with Gasteiger partial charge in [-0.05, 0) is 33.7 Å². The van der Waals surface area contributed by atoms with Crippen molar-refractivity contribution in [3.63, 3.8) is 0 Å². The van der Waals surface area contributed by atoms with Crippen molar-refractivity contribution in [1.29, 1.82) is 0 Å². The molecular weight excluding hydrogens is 214 g/mol. The summed E-state index contributed by atoms with van der Waals surface area (Å²) in [5.41, 5.74) is -0.861. The van der Waals surface area contributed by atoms with Gasteiger partial charge in [0.05, 0.1) is 5.60 Å². The largest absolute Gasteiger partial charge is 0.389 e. The molecule has 0 aromatic carbocycles. The van der Waals surface area contributed by atoms with Gasteiger partial charge < -0.3 is 14.8 Å². The monoisotopic (exact) mass is 241 g/mol. The highest BCUT2D eigenvalue weighted by Crippen LogP contribution is 2.34. The van der Waals surface area contributed by atoms with E-state index in [1.54, 1.807) is 0 Å². The van der Waals surface area contributed by atoms with Crippen molar-refractivity contribution in [3.8, 4) is 0 Å². The summed E-state index contributed by atoms with van der Waals surface area (Å²) in [6, 6.07) is 0. The summed E-state index contributed by atoms with van der Waals surface area (Å²) in [4.78, 5) is 13.5. The molecular formula is C14H27NO2. The number of hydrogen-bond acceptors (Lipinski definition) is 3. The number of likely N-dealkylation sites (N-methyl/N-ethyl adjacent to an activating group) is 1. The summed E-state index contributed by atoms with van der Waals surface area (Å²) < 4.78 is 0. The van der Waals surface area contributed by atoms with E-state index >= 15 is 0 Å². The fraction of sp³-hybridized carbons (Fsp3) is 0.929. The maximum atomic E-state index is 11.4. The first-order valence-electron chi connectivity index (χ1n) is 6.74. The van der Waals surface area contributed by atoms with Gasteiger partial charge in [0.2, 0.25) is 0 Å². The molecule has 0 spiro atoms. The molecule has 1 saturated carbocycles. The van der Waals surface area contributed by atoms with E-state index in [4.69, 9.17) is 0 Å². The summed E-state index contributed by atoms with van der Waals surface area (Å²) in [5.74, 6) is 0. The molecule has 0 aliphatic heterocycles. The molecule has 3 heteroatoms. The molecule has 0 saturated heterocycles. The van der Waals surface area contributed by atoms with Gasteiger partial charge in [-0.25, -0.2) is 0 Å². The van der Waals surface area contributed by atoms with E-state index in [0.717, 1.165) is 32.2 Å². The Kier molecular flexibility index (Phi) is 5.14. The first kappa shape index (κ1) is 14.7. The maximum Gasteiger partial charge on any atom is 0.127 e. The summed E-state index contributed by atoms with van der Waals surface area (Å²) in [6.45, 7) is 5.01. The average Bonchev–Trinajstić information content (AvgIpc) is 2.41. The lowest BCUT2D eigenvalue weighted by molar-refractivity contribution is -0.118. The van der Waals surface area contributed by atoms with Crippen LogP contribution in [0.4, 0.5) is 0 Å². The van der Waals surface area contributed by atoms with Crippen molar-refractivity contribution in [2.75, 3.05) is 20.1 Å². The zero-order chi connectivity index (χ0) is 12.9. The molecule has 0 amide bonds. The van der Waals surface area contributed by atoms with Gasteiger partial charge in [0, 0.05) is 18.5 Å². The van der Waals surface area contributed by atoms with Crippen molar-refractivity contribution in [2.24, 2.45) is 5.41 Å². The zero-order valence-corrected chi connectivity index (χ0v) is 11.5. The van der Waals surface area contributed by atoms with Crippen LogP contribution in [-0.4, -0.2) is 42.0 Å². The number of carbonyl (C=O) groups excluding carboxylic acids is 1. The third-order valence-electron chi connectivity index (χ3n) is 3.59. The molecule has 0 atom stereocenters. The Morgan fingerprint density at radius 1 is 1.24 bits per heavy atom. The lowest BCUT2D eigenvalue weighted by atomic mass is 9.81. The van der Waals surface area contributed by atoms with Crippen molar-refractivity contribution in [1.82, 2.24) is 4.90 Å². The standard InChI is InChI=1S/C14H27NO2/c1-13(2,17)10-15(3)11-14(12-16)8-6-4-5-7-9-14/h12,17H,4-11H2,1-3H3. The van der Waals surface area contributed by atoms with Crippen LogP contribution in [0, 0.1) is 5.41 Å². The number of carbonyl (C=O) groups is 1. The Labute approximate surface area is 105 Å². The normalized spacial score (nSPS) is 21.2. The van der Waals surface area contributed by atoms with Crippen LogP contribution >= 0.6 is 0 Å². The fourth-order valence-electron chi connectivity index (χ4n) is 3.00. The highest BCUT2D eigenvalue weighted by Gasteiger charge is 2.32. The number of hydrogen-bond donors (Lipinski definition) is 1. The van der Waals surface area contributed by atoms with E-state index in [1.165, 1.54) is 19.1 Å². The second-order valence-corrected chi connectivity index (χ2v) is 6.38. The van der Waals surface area contributed by atoms with Gasteiger partial charge in [0.25, 0.3) is 0 Å². The third-order valence-corrected chi connectivity index (χ3v) is 3.59. The lowest BCUT2D eigenvalue weighted by Crippen LogP contribution is -2.43. The zero-order valence-electron chi connectivity index (χ0n) is 11.5. The molecule has 0 aromatic rings. The maximum absolute atomic E-state index is 11.4. The molecule has 0 aromatic heterocycles. The van der Waals surface area contributed by atoms with Crippen LogP contribution in [0.15, 0.2) is 0 Å². The van der Waals surface area contributed by atoms with Crippen LogP contribution < -0.4 is 0 Å². The summed E-state index contributed by atoms with van der Waals surface area (Å²) in [6.07, 6.45) is 8.01. The van der Waals surface area contributed by atoms with Crippen LogP contribution in [0.1, 0.15) is 52.4 Å². The fourth-order valence-corrected chi connectivity index (χ4v) is 3.00. The minimum absolute atomic E-state index is 0.170. The van der Waals surface area contributed by atoms with Crippen molar-refractivity contribution in [3.05, 3.63) is 0 Å². The van der Waals surface area contributed by atoms with Crippen molar-refractivity contribution < 1.29 is 9.90 Å². The molecule has 3 nitrogen and oxygen atoms in total. The van der Waals surface area contributed by atoms with Gasteiger partial charge in [-0.1, -0.05) is 25.7 Å². The Morgan fingerprint density at radius 3 is 2.18 bits per heavy atom. The quantitative estimate of drug-likeness (QED) is 0.593. The van der Waals surface area contributed by atoms with Crippen LogP contribution in [0.2, 0.25) is 0 Å². The van der Waals surface area contributed by atoms with Gasteiger partial charge >= 0.3 is 0 Å². The number of rotatable bonds is 5. The first-order valence-corrected chi connectivity index (χ1v) is 6.74. The molecule has 1 aliphatic carbocycles. The number of aldehydes is 1. The van der Waals surface area contributed by atoms with Gasteiger partial charge in [-0.15, -0.1) is 0 Å². The second-order valence-electron chi connectivity index (χ2n) is 6.38. The SMILES string of the molecule is CN(CC(C)(C)O)CC1(C=O)CCCCCC1. The molecule has 17 heavy (non-hydrogen) atoms. The molecule has 1 fully saturated rings. The Balaban J connectivity index is 2.57. The predicted octanol–water partition coefficient (Wildman–Crippen LogP) is 2.23. The molecule has 100 valence electrons. The Bertz CT molecular complexity index is 237. The van der Waals surface area contributed by atoms with Crippen molar-refractivity contribution >= 4 is 6.29 Å². The molecule has 1 aliphatic rings. The summed E-state index contributed by atoms with van der Waals surface area (Å²) in [7, 11) is 1.99. The molecule has 0 heterocycles. The van der Waals surface area contributed by atoms with Gasteiger partial charge in [0.1, 0.15) is 6.29 Å². The Hall–Kier alpha value is -0.410. The van der Waals surface area contributed by atoms with E-state index in [2.05, 4.69) is 4.90 Å². The van der Waals surface area contributed by atoms with E-state index in [1.807, 2.05) is 20.9 Å². The molecule has 0 bridgehead atoms. The minimum atomic E-state index is -0.691. The van der Waals surface area contributed by atoms with Crippen LogP contribution in [0.5, 0.6) is 0 Å². The second kappa shape index (κ2) is 5.96. The van der Waals surface area contributed by atoms with E-state index < -0.39 is 5.60 Å². The molecule has 1 N–H and O–H groups in total. The molecule has 0 unspecified atom stereocenters. The topological polar surface area (TPSA) is 40.5 Å². The van der Waals surface area contributed by atoms with Crippen LogP contribution in [-0.2, 0) is 4.79 Å². The van der Waals surface area contributed by atoms with Gasteiger partial charge in [0.15, 0.2) is 0 Å². The predicted molar refractivity (Wildman–Crippen MR) is 70.0 cm³/mol. The van der Waals surface area contributed by atoms with Crippen LogP contribution in [0.25, 0.3) is 0 Å². The van der Waals surface area contributed by atoms with E-state index in [0.29, 0.717) is 6.54 Å². The highest BCUT2D eigenvalue weighted by atomic mass is 16.3. The minimum Gasteiger partial charge on any atom is -0.389 e. The summed E-state index contributed by atoms with van der Waals surface area (Å²) in [5, 5.41) is 9.80. The van der Waals surface area contributed by atoms with Crippen molar-refractivity contribution in [2.45, 2.75) is 58.0 Å². The summed E-state index contributed by atoms with van der Waals surface area (Å²) >= 11 is 0. The van der Waals surface area contributed by atoms with E-state index in [9.17, 15) is 9.90 Å². The molecule has 1 rings (SSSR count). The van der Waals surface area contributed by atoms with E-state index in [-0.39, 0.29) is 5.41 Å². The first-order chi connectivity index (χ1) is 7.87. The smallest absolute Gasteiger partial charge is 0.127 e. The highest BCUT2D eigenvalue weighted by molar-refractivity contribution is 5.59. The van der Waals surface area contributed by atoms with Gasteiger partial charge in [-0.3, -0.25) is 0 Å². The molecule has 0 radical (unpaired) electrons. The van der Waals surface area contributed by atoms with Gasteiger partial charge in [-0.2, -0.15) is 0 Å². The Morgan fingerprint density at radius 2 is 1.76 bits per heavy atom. The lowest BCUT2D eigenvalue weighted by Gasteiger charge is -2.34. The number of nitrogens with zero attached hydrogens (tertiary/aromatic N) is 1. The number of aliphatic hydroxyl groups is 1. The average molecular weight is 241 g/mol. The van der Waals surface area contributed by atoms with Crippen LogP contribution in [0.3, 0.4) is 0 Å².